The molecule has 0 bridgehead atoms. The molecule has 0 unspecified atom stereocenters. The minimum absolute atomic E-state index is 0.204. The van der Waals surface area contributed by atoms with Gasteiger partial charge in [-0.25, -0.2) is 0 Å². The molecule has 0 aliphatic carbocycles. The van der Waals surface area contributed by atoms with Crippen LogP contribution in [0.1, 0.15) is 25.0 Å². The first-order chi connectivity index (χ1) is 16.8. The molecule has 2 amide bonds. The Balaban J connectivity index is 1.89. The Morgan fingerprint density at radius 1 is 0.886 bits per heavy atom. The Morgan fingerprint density at radius 2 is 1.57 bits per heavy atom. The summed E-state index contributed by atoms with van der Waals surface area (Å²) in [5, 5.41) is 4.15. The molecule has 35 heavy (non-hydrogen) atoms. The summed E-state index contributed by atoms with van der Waals surface area (Å²) in [4.78, 5) is 28.5. The molecule has 5 nitrogen and oxygen atoms in total. The van der Waals surface area contributed by atoms with Gasteiger partial charge in [-0.15, -0.1) is 0 Å². The van der Waals surface area contributed by atoms with Crippen molar-refractivity contribution >= 4 is 35.0 Å². The van der Waals surface area contributed by atoms with Crippen molar-refractivity contribution in [2.45, 2.75) is 32.9 Å². The number of ether oxygens (including phenoxy) is 1. The molecule has 0 fully saturated rings. The first-order valence-electron chi connectivity index (χ1n) is 11.6. The van der Waals surface area contributed by atoms with Crippen LogP contribution in [0.2, 0.25) is 10.0 Å². The number of nitrogens with one attached hydrogen (secondary N) is 1. The van der Waals surface area contributed by atoms with E-state index in [0.29, 0.717) is 28.8 Å². The van der Waals surface area contributed by atoms with Gasteiger partial charge in [0.15, 0.2) is 6.61 Å². The molecule has 1 N–H and O–H groups in total. The highest BCUT2D eigenvalue weighted by Crippen LogP contribution is 2.19. The first kappa shape index (κ1) is 26.6. The summed E-state index contributed by atoms with van der Waals surface area (Å²) < 4.78 is 5.74. The minimum Gasteiger partial charge on any atom is -0.484 e. The van der Waals surface area contributed by atoms with Crippen LogP contribution < -0.4 is 10.1 Å². The molecular weight excluding hydrogens is 483 g/mol. The molecule has 184 valence electrons. The molecule has 0 aliphatic rings. The Morgan fingerprint density at radius 3 is 2.23 bits per heavy atom. The van der Waals surface area contributed by atoms with Crippen LogP contribution in [0.5, 0.6) is 5.75 Å². The summed E-state index contributed by atoms with van der Waals surface area (Å²) in [6.07, 6.45) is 0.373. The van der Waals surface area contributed by atoms with E-state index in [1.165, 1.54) is 0 Å². The molecule has 3 aromatic rings. The van der Waals surface area contributed by atoms with Gasteiger partial charge in [0.2, 0.25) is 5.91 Å². The molecule has 0 spiro atoms. The maximum Gasteiger partial charge on any atom is 0.261 e. The lowest BCUT2D eigenvalue weighted by Crippen LogP contribution is -2.52. The molecule has 0 aliphatic heterocycles. The molecule has 0 saturated heterocycles. The average Bonchev–Trinajstić information content (AvgIpc) is 2.85. The van der Waals surface area contributed by atoms with Crippen molar-refractivity contribution in [3.63, 3.8) is 0 Å². The number of rotatable bonds is 11. The summed E-state index contributed by atoms with van der Waals surface area (Å²) in [5.41, 5.74) is 1.78. The molecule has 1 atom stereocenters. The SMILES string of the molecule is CC(C)CNC(=O)[C@H](Cc1ccccc1)N(Cc1cccc(Cl)c1)C(=O)COc1ccc(Cl)cc1. The van der Waals surface area contributed by atoms with Gasteiger partial charge < -0.3 is 15.0 Å². The van der Waals surface area contributed by atoms with Crippen molar-refractivity contribution in [2.24, 2.45) is 5.92 Å². The lowest BCUT2D eigenvalue weighted by atomic mass is 10.0. The fraction of sp³-hybridized carbons (Fsp3) is 0.286. The summed E-state index contributed by atoms with van der Waals surface area (Å²) in [7, 11) is 0. The van der Waals surface area contributed by atoms with Gasteiger partial charge in [0, 0.05) is 29.6 Å². The predicted octanol–water partition coefficient (Wildman–Crippen LogP) is 5.78. The smallest absolute Gasteiger partial charge is 0.261 e. The number of halogens is 2. The highest BCUT2D eigenvalue weighted by molar-refractivity contribution is 6.30. The first-order valence-corrected chi connectivity index (χ1v) is 12.3. The van der Waals surface area contributed by atoms with Crippen LogP contribution in [0, 0.1) is 5.92 Å². The van der Waals surface area contributed by atoms with Gasteiger partial charge >= 0.3 is 0 Å². The van der Waals surface area contributed by atoms with Crippen LogP contribution in [0.3, 0.4) is 0 Å². The van der Waals surface area contributed by atoms with Gasteiger partial charge in [-0.1, -0.05) is 79.5 Å². The Labute approximate surface area is 217 Å². The van der Waals surface area contributed by atoms with Crippen LogP contribution in [-0.2, 0) is 22.6 Å². The van der Waals surface area contributed by atoms with E-state index in [-0.39, 0.29) is 30.9 Å². The summed E-state index contributed by atoms with van der Waals surface area (Å²) in [5.74, 6) is 0.293. The van der Waals surface area contributed by atoms with E-state index in [0.717, 1.165) is 11.1 Å². The van der Waals surface area contributed by atoms with E-state index in [1.807, 2.05) is 56.3 Å². The van der Waals surface area contributed by atoms with Gasteiger partial charge in [-0.2, -0.15) is 0 Å². The van der Waals surface area contributed by atoms with Gasteiger partial charge in [0.1, 0.15) is 11.8 Å². The second kappa shape index (κ2) is 13.2. The van der Waals surface area contributed by atoms with Gasteiger partial charge in [-0.05, 0) is 53.4 Å². The number of amides is 2. The largest absolute Gasteiger partial charge is 0.484 e. The van der Waals surface area contributed by atoms with Crippen LogP contribution in [-0.4, -0.2) is 35.9 Å². The van der Waals surface area contributed by atoms with Crippen molar-refractivity contribution in [3.05, 3.63) is 100 Å². The molecule has 7 heteroatoms. The zero-order valence-electron chi connectivity index (χ0n) is 19.9. The Hall–Kier alpha value is -3.02. The second-order valence-corrected chi connectivity index (χ2v) is 9.61. The van der Waals surface area contributed by atoms with Crippen LogP contribution >= 0.6 is 23.2 Å². The maximum atomic E-state index is 13.5. The summed E-state index contributed by atoms with van der Waals surface area (Å²) in [6.45, 7) is 4.58. The fourth-order valence-corrected chi connectivity index (χ4v) is 3.91. The van der Waals surface area contributed by atoms with E-state index in [4.69, 9.17) is 27.9 Å². The van der Waals surface area contributed by atoms with Crippen molar-refractivity contribution < 1.29 is 14.3 Å². The lowest BCUT2D eigenvalue weighted by molar-refractivity contribution is -0.142. The number of hydrogen-bond acceptors (Lipinski definition) is 3. The van der Waals surface area contributed by atoms with E-state index in [2.05, 4.69) is 5.32 Å². The molecule has 0 radical (unpaired) electrons. The molecule has 3 aromatic carbocycles. The molecule has 0 aromatic heterocycles. The van der Waals surface area contributed by atoms with Gasteiger partial charge in [-0.3, -0.25) is 9.59 Å². The number of benzene rings is 3. The van der Waals surface area contributed by atoms with Gasteiger partial charge in [0.25, 0.3) is 5.91 Å². The summed E-state index contributed by atoms with van der Waals surface area (Å²) in [6, 6.07) is 23.0. The van der Waals surface area contributed by atoms with Crippen molar-refractivity contribution in [3.8, 4) is 5.75 Å². The minimum atomic E-state index is -0.726. The van der Waals surface area contributed by atoms with E-state index in [1.54, 1.807) is 41.3 Å². The van der Waals surface area contributed by atoms with E-state index in [9.17, 15) is 9.59 Å². The van der Waals surface area contributed by atoms with Crippen LogP contribution in [0.15, 0.2) is 78.9 Å². The second-order valence-electron chi connectivity index (χ2n) is 8.74. The third-order valence-electron chi connectivity index (χ3n) is 5.37. The van der Waals surface area contributed by atoms with E-state index >= 15 is 0 Å². The highest BCUT2D eigenvalue weighted by atomic mass is 35.5. The van der Waals surface area contributed by atoms with Crippen LogP contribution in [0.25, 0.3) is 0 Å². The Bertz CT molecular complexity index is 1100. The molecule has 0 saturated carbocycles. The third kappa shape index (κ3) is 8.61. The van der Waals surface area contributed by atoms with Crippen molar-refractivity contribution in [1.29, 1.82) is 0 Å². The fourth-order valence-electron chi connectivity index (χ4n) is 3.57. The van der Waals surface area contributed by atoms with Gasteiger partial charge in [0.05, 0.1) is 0 Å². The molecular formula is C28H30Cl2N2O3. The quantitative estimate of drug-likeness (QED) is 0.354. The normalized spacial score (nSPS) is 11.7. The predicted molar refractivity (Wildman–Crippen MR) is 141 cm³/mol. The van der Waals surface area contributed by atoms with Crippen LogP contribution in [0.4, 0.5) is 0 Å². The third-order valence-corrected chi connectivity index (χ3v) is 5.86. The Kier molecular flexibility index (Phi) is 10.0. The highest BCUT2D eigenvalue weighted by Gasteiger charge is 2.30. The number of hydrogen-bond donors (Lipinski definition) is 1. The van der Waals surface area contributed by atoms with E-state index < -0.39 is 6.04 Å². The number of nitrogens with zero attached hydrogens (tertiary/aromatic N) is 1. The lowest BCUT2D eigenvalue weighted by Gasteiger charge is -2.31. The number of carbonyl (C=O) groups is 2. The van der Waals surface area contributed by atoms with Crippen molar-refractivity contribution in [2.75, 3.05) is 13.2 Å². The molecule has 3 rings (SSSR count). The monoisotopic (exact) mass is 512 g/mol. The standard InChI is InChI=1S/C28H30Cl2N2O3/c1-20(2)17-31-28(34)26(16-21-7-4-3-5-8-21)32(18-22-9-6-10-24(30)15-22)27(33)19-35-25-13-11-23(29)12-14-25/h3-15,20,26H,16-19H2,1-2H3,(H,31,34)/t26-/m0/s1. The van der Waals surface area contributed by atoms with Crippen molar-refractivity contribution in [1.82, 2.24) is 10.2 Å². The zero-order chi connectivity index (χ0) is 25.2. The average molecular weight is 513 g/mol. The maximum absolute atomic E-state index is 13.5. The molecule has 0 heterocycles. The summed E-state index contributed by atoms with van der Waals surface area (Å²) >= 11 is 12.1. The topological polar surface area (TPSA) is 58.6 Å². The zero-order valence-corrected chi connectivity index (χ0v) is 21.4. The number of carbonyl (C=O) groups excluding carboxylic acids is 2.